The number of hydrogen-bond donors (Lipinski definition) is 1. The van der Waals surface area contributed by atoms with Crippen LogP contribution in [0.15, 0.2) is 34.2 Å². The van der Waals surface area contributed by atoms with Crippen LogP contribution >= 0.6 is 11.8 Å². The fourth-order valence-electron chi connectivity index (χ4n) is 3.54. The summed E-state index contributed by atoms with van der Waals surface area (Å²) in [5.41, 5.74) is 1.43. The number of hydrogen-bond acceptors (Lipinski definition) is 4. The van der Waals surface area contributed by atoms with E-state index in [1.54, 1.807) is 0 Å². The van der Waals surface area contributed by atoms with Gasteiger partial charge in [-0.3, -0.25) is 4.99 Å². The van der Waals surface area contributed by atoms with Gasteiger partial charge >= 0.3 is 0 Å². The Morgan fingerprint density at radius 1 is 1.36 bits per heavy atom. The molecule has 1 saturated heterocycles. The molecule has 3 rings (SSSR count). The van der Waals surface area contributed by atoms with Crippen LogP contribution in [0.2, 0.25) is 0 Å². The first-order chi connectivity index (χ1) is 10.7. The van der Waals surface area contributed by atoms with E-state index >= 15 is 0 Å². The van der Waals surface area contributed by atoms with E-state index < -0.39 is 0 Å². The van der Waals surface area contributed by atoms with Gasteiger partial charge in [-0.15, -0.1) is 11.8 Å². The van der Waals surface area contributed by atoms with Gasteiger partial charge in [-0.2, -0.15) is 0 Å². The normalized spacial score (nSPS) is 25.6. The molecule has 4 heteroatoms. The summed E-state index contributed by atoms with van der Waals surface area (Å²) in [6.07, 6.45) is 5.84. The molecule has 3 unspecified atom stereocenters. The van der Waals surface area contributed by atoms with Crippen LogP contribution < -0.4 is 5.32 Å². The maximum atomic E-state index is 4.77. The quantitative estimate of drug-likeness (QED) is 0.863. The highest BCUT2D eigenvalue weighted by atomic mass is 32.2. The van der Waals surface area contributed by atoms with Crippen molar-refractivity contribution in [3.05, 3.63) is 29.8 Å². The van der Waals surface area contributed by atoms with Crippen molar-refractivity contribution in [2.24, 2.45) is 10.9 Å². The Morgan fingerprint density at radius 3 is 3.00 bits per heavy atom. The van der Waals surface area contributed by atoms with E-state index in [4.69, 9.17) is 4.99 Å². The van der Waals surface area contributed by atoms with E-state index in [0.717, 1.165) is 31.4 Å². The summed E-state index contributed by atoms with van der Waals surface area (Å²) in [6, 6.07) is 9.76. The minimum atomic E-state index is 0.406. The fourth-order valence-corrected chi connectivity index (χ4v) is 4.17. The SMILES string of the molecule is CSc1ccccc1CC(C)NC1=NCC2CCC(C)CN12. The number of aliphatic imine (C=N–C) groups is 1. The highest BCUT2D eigenvalue weighted by Gasteiger charge is 2.32. The third kappa shape index (κ3) is 3.43. The van der Waals surface area contributed by atoms with Crippen molar-refractivity contribution in [2.45, 2.75) is 50.1 Å². The maximum absolute atomic E-state index is 4.77. The van der Waals surface area contributed by atoms with E-state index in [1.807, 2.05) is 11.8 Å². The second kappa shape index (κ2) is 6.95. The minimum Gasteiger partial charge on any atom is -0.353 e. The molecular weight excluding hydrogens is 290 g/mol. The number of thioether (sulfide) groups is 1. The lowest BCUT2D eigenvalue weighted by Crippen LogP contribution is -2.50. The van der Waals surface area contributed by atoms with Gasteiger partial charge in [-0.1, -0.05) is 25.1 Å². The van der Waals surface area contributed by atoms with Gasteiger partial charge in [0.05, 0.1) is 12.6 Å². The lowest BCUT2D eigenvalue weighted by Gasteiger charge is -2.36. The number of rotatable bonds is 4. The van der Waals surface area contributed by atoms with Gasteiger partial charge in [-0.25, -0.2) is 0 Å². The molecule has 1 aromatic rings. The Labute approximate surface area is 138 Å². The minimum absolute atomic E-state index is 0.406. The molecule has 0 radical (unpaired) electrons. The zero-order chi connectivity index (χ0) is 15.5. The lowest BCUT2D eigenvalue weighted by atomic mass is 9.95. The molecule has 1 N–H and O–H groups in total. The van der Waals surface area contributed by atoms with Gasteiger partial charge in [0.25, 0.3) is 0 Å². The Kier molecular flexibility index (Phi) is 4.97. The van der Waals surface area contributed by atoms with E-state index in [2.05, 4.69) is 54.6 Å². The standard InChI is InChI=1S/C18H27N3S/c1-13-8-9-16-11-19-18(21(16)12-13)20-14(2)10-15-6-4-5-7-17(15)22-3/h4-7,13-14,16H,8-12H2,1-3H3,(H,19,20). The first kappa shape index (κ1) is 15.7. The number of nitrogens with one attached hydrogen (secondary N) is 1. The van der Waals surface area contributed by atoms with E-state index in [0.29, 0.717) is 12.1 Å². The summed E-state index contributed by atoms with van der Waals surface area (Å²) in [6.45, 7) is 6.75. The lowest BCUT2D eigenvalue weighted by molar-refractivity contribution is 0.210. The number of fused-ring (bicyclic) bond motifs is 1. The summed E-state index contributed by atoms with van der Waals surface area (Å²) in [5, 5.41) is 3.67. The van der Waals surface area contributed by atoms with Crippen molar-refractivity contribution in [2.75, 3.05) is 19.3 Å². The number of guanidine groups is 1. The second-order valence-electron chi connectivity index (χ2n) is 6.71. The Balaban J connectivity index is 1.61. The second-order valence-corrected chi connectivity index (χ2v) is 7.56. The molecule has 0 aliphatic carbocycles. The maximum Gasteiger partial charge on any atom is 0.194 e. The van der Waals surface area contributed by atoms with Crippen LogP contribution in [0.4, 0.5) is 0 Å². The van der Waals surface area contributed by atoms with Gasteiger partial charge in [0.1, 0.15) is 0 Å². The molecular formula is C18H27N3S. The van der Waals surface area contributed by atoms with Crippen molar-refractivity contribution in [1.29, 1.82) is 0 Å². The molecule has 2 heterocycles. The average Bonchev–Trinajstić information content (AvgIpc) is 2.90. The van der Waals surface area contributed by atoms with Crippen molar-refractivity contribution in [3.8, 4) is 0 Å². The van der Waals surface area contributed by atoms with Gasteiger partial charge in [0, 0.05) is 17.5 Å². The van der Waals surface area contributed by atoms with Gasteiger partial charge in [-0.05, 0) is 50.0 Å². The summed E-state index contributed by atoms with van der Waals surface area (Å²) in [5.74, 6) is 1.92. The number of piperidine rings is 1. The monoisotopic (exact) mass is 317 g/mol. The van der Waals surface area contributed by atoms with Crippen LogP contribution in [0.3, 0.4) is 0 Å². The molecule has 2 aliphatic heterocycles. The Bertz CT molecular complexity index is 543. The molecule has 1 aromatic carbocycles. The molecule has 22 heavy (non-hydrogen) atoms. The average molecular weight is 318 g/mol. The largest absolute Gasteiger partial charge is 0.353 e. The zero-order valence-corrected chi connectivity index (χ0v) is 14.7. The Hall–Kier alpha value is -1.16. The van der Waals surface area contributed by atoms with Crippen LogP contribution in [-0.4, -0.2) is 42.3 Å². The Morgan fingerprint density at radius 2 is 2.18 bits per heavy atom. The third-order valence-corrected chi connectivity index (χ3v) is 5.60. The van der Waals surface area contributed by atoms with Crippen LogP contribution in [0.1, 0.15) is 32.3 Å². The highest BCUT2D eigenvalue weighted by Crippen LogP contribution is 2.26. The van der Waals surface area contributed by atoms with Crippen LogP contribution in [-0.2, 0) is 6.42 Å². The molecule has 0 amide bonds. The predicted molar refractivity (Wildman–Crippen MR) is 95.7 cm³/mol. The summed E-state index contributed by atoms with van der Waals surface area (Å²) in [4.78, 5) is 8.65. The van der Waals surface area contributed by atoms with Gasteiger partial charge < -0.3 is 10.2 Å². The molecule has 3 atom stereocenters. The molecule has 2 aliphatic rings. The van der Waals surface area contributed by atoms with Crippen molar-refractivity contribution in [1.82, 2.24) is 10.2 Å². The van der Waals surface area contributed by atoms with E-state index in [-0.39, 0.29) is 0 Å². The molecule has 0 aromatic heterocycles. The smallest absolute Gasteiger partial charge is 0.194 e. The summed E-state index contributed by atoms with van der Waals surface area (Å²) >= 11 is 1.83. The highest BCUT2D eigenvalue weighted by molar-refractivity contribution is 7.98. The van der Waals surface area contributed by atoms with Crippen LogP contribution in [0.25, 0.3) is 0 Å². The van der Waals surface area contributed by atoms with E-state index in [9.17, 15) is 0 Å². The van der Waals surface area contributed by atoms with Crippen molar-refractivity contribution < 1.29 is 0 Å². The van der Waals surface area contributed by atoms with Crippen molar-refractivity contribution >= 4 is 17.7 Å². The zero-order valence-electron chi connectivity index (χ0n) is 13.9. The van der Waals surface area contributed by atoms with Gasteiger partial charge in [0.2, 0.25) is 0 Å². The van der Waals surface area contributed by atoms with E-state index in [1.165, 1.54) is 23.3 Å². The first-order valence-electron chi connectivity index (χ1n) is 8.37. The fraction of sp³-hybridized carbons (Fsp3) is 0.611. The summed E-state index contributed by atoms with van der Waals surface area (Å²) in [7, 11) is 0. The molecule has 3 nitrogen and oxygen atoms in total. The molecule has 1 fully saturated rings. The van der Waals surface area contributed by atoms with Crippen molar-refractivity contribution in [3.63, 3.8) is 0 Å². The number of nitrogens with zero attached hydrogens (tertiary/aromatic N) is 2. The molecule has 0 saturated carbocycles. The number of benzene rings is 1. The molecule has 0 spiro atoms. The molecule has 120 valence electrons. The third-order valence-electron chi connectivity index (χ3n) is 4.76. The predicted octanol–water partition coefficient (Wildman–Crippen LogP) is 3.40. The topological polar surface area (TPSA) is 27.6 Å². The summed E-state index contributed by atoms with van der Waals surface area (Å²) < 4.78 is 0. The first-order valence-corrected chi connectivity index (χ1v) is 9.59. The van der Waals surface area contributed by atoms with Gasteiger partial charge in [0.15, 0.2) is 5.96 Å². The van der Waals surface area contributed by atoms with Crippen LogP contribution in [0, 0.1) is 5.92 Å². The molecule has 0 bridgehead atoms. The van der Waals surface area contributed by atoms with Crippen LogP contribution in [0.5, 0.6) is 0 Å².